The Kier molecular flexibility index (Phi) is 6.26. The molecule has 1 atom stereocenters. The van der Waals surface area contributed by atoms with Gasteiger partial charge in [0.05, 0.1) is 17.7 Å². The number of hydrogen-bond donors (Lipinski definition) is 0. The number of anilines is 1. The second kappa shape index (κ2) is 7.26. The van der Waals surface area contributed by atoms with Crippen LogP contribution in [0.5, 0.6) is 0 Å². The van der Waals surface area contributed by atoms with Gasteiger partial charge in [-0.05, 0) is 12.1 Å². The van der Waals surface area contributed by atoms with E-state index in [0.29, 0.717) is 18.8 Å². The highest BCUT2D eigenvalue weighted by molar-refractivity contribution is 7.89. The lowest BCUT2D eigenvalue weighted by atomic mass is 10.3. The first-order valence-electron chi connectivity index (χ1n) is 6.16. The third kappa shape index (κ3) is 4.09. The minimum absolute atomic E-state index is 0.208. The maximum atomic E-state index is 12.3. The number of halogens is 1. The molecule has 1 unspecified atom stereocenters. The van der Waals surface area contributed by atoms with Crippen molar-refractivity contribution in [2.24, 2.45) is 0 Å². The molecule has 0 N–H and O–H groups in total. The van der Waals surface area contributed by atoms with Crippen molar-refractivity contribution in [3.63, 3.8) is 0 Å². The van der Waals surface area contributed by atoms with Crippen molar-refractivity contribution in [2.45, 2.75) is 10.3 Å². The van der Waals surface area contributed by atoms with Crippen LogP contribution in [-0.2, 0) is 14.8 Å². The summed E-state index contributed by atoms with van der Waals surface area (Å²) in [6.45, 7) is 0.907. The van der Waals surface area contributed by atoms with Crippen LogP contribution in [0.25, 0.3) is 0 Å². The molecular weight excluding hydrogens is 300 g/mol. The molecule has 7 heteroatoms. The third-order valence-electron chi connectivity index (χ3n) is 2.85. The molecule has 1 aromatic carbocycles. The Hall–Kier alpha value is -0.820. The molecular formula is C13H21ClN2O3S. The molecule has 0 radical (unpaired) electrons. The summed E-state index contributed by atoms with van der Waals surface area (Å²) in [5, 5.41) is -0.208. The summed E-state index contributed by atoms with van der Waals surface area (Å²) < 4.78 is 30.8. The SMILES string of the molecule is COCC(Cl)CN(C)c1ccccc1S(=O)(=O)N(C)C. The molecule has 0 fully saturated rings. The van der Waals surface area contributed by atoms with Gasteiger partial charge in [-0.1, -0.05) is 12.1 Å². The topological polar surface area (TPSA) is 49.9 Å². The first kappa shape index (κ1) is 17.2. The maximum Gasteiger partial charge on any atom is 0.244 e. The van der Waals surface area contributed by atoms with E-state index in [2.05, 4.69) is 0 Å². The first-order chi connectivity index (χ1) is 9.30. The van der Waals surface area contributed by atoms with E-state index >= 15 is 0 Å². The molecule has 1 rings (SSSR count). The van der Waals surface area contributed by atoms with E-state index < -0.39 is 10.0 Å². The van der Waals surface area contributed by atoms with Gasteiger partial charge in [-0.25, -0.2) is 12.7 Å². The van der Waals surface area contributed by atoms with Crippen LogP contribution >= 0.6 is 11.6 Å². The Morgan fingerprint density at radius 3 is 2.40 bits per heavy atom. The predicted octanol–water partition coefficient (Wildman–Crippen LogP) is 1.63. The summed E-state index contributed by atoms with van der Waals surface area (Å²) in [6.07, 6.45) is 0. The second-order valence-electron chi connectivity index (χ2n) is 4.69. The Labute approximate surface area is 126 Å². The number of sulfonamides is 1. The number of ether oxygens (including phenoxy) is 1. The van der Waals surface area contributed by atoms with Crippen LogP contribution in [0, 0.1) is 0 Å². The van der Waals surface area contributed by atoms with Crippen molar-refractivity contribution in [3.8, 4) is 0 Å². The molecule has 0 spiro atoms. The number of methoxy groups -OCH3 is 1. The van der Waals surface area contributed by atoms with Crippen LogP contribution in [0.2, 0.25) is 0 Å². The van der Waals surface area contributed by atoms with Crippen LogP contribution < -0.4 is 4.90 Å². The molecule has 0 saturated heterocycles. The highest BCUT2D eigenvalue weighted by Crippen LogP contribution is 2.26. The molecule has 1 aromatic rings. The zero-order valence-electron chi connectivity index (χ0n) is 12.2. The quantitative estimate of drug-likeness (QED) is 0.717. The van der Waals surface area contributed by atoms with Gasteiger partial charge in [0.15, 0.2) is 0 Å². The van der Waals surface area contributed by atoms with Gasteiger partial charge in [0.1, 0.15) is 4.90 Å². The van der Waals surface area contributed by atoms with Gasteiger partial charge >= 0.3 is 0 Å². The van der Waals surface area contributed by atoms with E-state index in [9.17, 15) is 8.42 Å². The van der Waals surface area contributed by atoms with Gasteiger partial charge in [0.25, 0.3) is 0 Å². The van der Waals surface area contributed by atoms with E-state index in [1.165, 1.54) is 18.4 Å². The Bertz CT molecular complexity index is 534. The van der Waals surface area contributed by atoms with Crippen LogP contribution in [-0.4, -0.2) is 59.5 Å². The number of nitrogens with zero attached hydrogens (tertiary/aromatic N) is 2. The molecule has 20 heavy (non-hydrogen) atoms. The van der Waals surface area contributed by atoms with Gasteiger partial charge in [0, 0.05) is 34.8 Å². The summed E-state index contributed by atoms with van der Waals surface area (Å²) in [5.41, 5.74) is 0.628. The van der Waals surface area contributed by atoms with E-state index in [1.54, 1.807) is 31.4 Å². The minimum Gasteiger partial charge on any atom is -0.383 e. The summed E-state index contributed by atoms with van der Waals surface area (Å²) in [7, 11) is 2.94. The number of para-hydroxylation sites is 1. The van der Waals surface area contributed by atoms with Crippen molar-refractivity contribution in [2.75, 3.05) is 46.3 Å². The normalized spacial score (nSPS) is 13.5. The lowest BCUT2D eigenvalue weighted by Gasteiger charge is -2.25. The van der Waals surface area contributed by atoms with Crippen LogP contribution in [0.4, 0.5) is 5.69 Å². The average molecular weight is 321 g/mol. The lowest BCUT2D eigenvalue weighted by molar-refractivity contribution is 0.199. The molecule has 0 amide bonds. The van der Waals surface area contributed by atoms with Gasteiger partial charge in [-0.2, -0.15) is 0 Å². The van der Waals surface area contributed by atoms with E-state index in [0.717, 1.165) is 0 Å². The molecule has 0 bridgehead atoms. The van der Waals surface area contributed by atoms with Crippen molar-refractivity contribution in [1.29, 1.82) is 0 Å². The molecule has 0 aliphatic rings. The molecule has 0 heterocycles. The van der Waals surface area contributed by atoms with Crippen LogP contribution in [0.1, 0.15) is 0 Å². The van der Waals surface area contributed by atoms with Crippen molar-refractivity contribution < 1.29 is 13.2 Å². The molecule has 0 aliphatic carbocycles. The average Bonchev–Trinajstić information content (AvgIpc) is 2.38. The zero-order valence-corrected chi connectivity index (χ0v) is 13.8. The summed E-state index contributed by atoms with van der Waals surface area (Å²) >= 11 is 6.13. The van der Waals surface area contributed by atoms with Crippen LogP contribution in [0.15, 0.2) is 29.2 Å². The standard InChI is InChI=1S/C13H21ClN2O3S/c1-15(2)20(17,18)13-8-6-5-7-12(13)16(3)9-11(14)10-19-4/h5-8,11H,9-10H2,1-4H3. The fourth-order valence-electron chi connectivity index (χ4n) is 1.82. The zero-order chi connectivity index (χ0) is 15.3. The second-order valence-corrected chi connectivity index (χ2v) is 7.43. The van der Waals surface area contributed by atoms with Gasteiger partial charge in [-0.15, -0.1) is 11.6 Å². The maximum absolute atomic E-state index is 12.3. The number of hydrogen-bond acceptors (Lipinski definition) is 4. The largest absolute Gasteiger partial charge is 0.383 e. The summed E-state index contributed by atoms with van der Waals surface area (Å²) in [5.74, 6) is 0. The van der Waals surface area contributed by atoms with E-state index in [1.807, 2.05) is 11.9 Å². The monoisotopic (exact) mass is 320 g/mol. The van der Waals surface area contributed by atoms with E-state index in [4.69, 9.17) is 16.3 Å². The van der Waals surface area contributed by atoms with Crippen molar-refractivity contribution >= 4 is 27.3 Å². The molecule has 0 saturated carbocycles. The van der Waals surface area contributed by atoms with Crippen LogP contribution in [0.3, 0.4) is 0 Å². The molecule has 5 nitrogen and oxygen atoms in total. The highest BCUT2D eigenvalue weighted by atomic mass is 35.5. The smallest absolute Gasteiger partial charge is 0.244 e. The fraction of sp³-hybridized carbons (Fsp3) is 0.538. The van der Waals surface area contributed by atoms with Gasteiger partial charge < -0.3 is 9.64 Å². The van der Waals surface area contributed by atoms with Crippen molar-refractivity contribution in [1.82, 2.24) is 4.31 Å². The van der Waals surface area contributed by atoms with Crippen molar-refractivity contribution in [3.05, 3.63) is 24.3 Å². The Morgan fingerprint density at radius 2 is 1.85 bits per heavy atom. The molecule has 114 valence electrons. The summed E-state index contributed by atoms with van der Waals surface area (Å²) in [4.78, 5) is 2.10. The highest BCUT2D eigenvalue weighted by Gasteiger charge is 2.23. The number of alkyl halides is 1. The number of rotatable bonds is 7. The summed E-state index contributed by atoms with van der Waals surface area (Å²) in [6, 6.07) is 6.88. The molecule has 0 aliphatic heterocycles. The molecule has 0 aromatic heterocycles. The lowest BCUT2D eigenvalue weighted by Crippen LogP contribution is -2.31. The number of benzene rings is 1. The predicted molar refractivity (Wildman–Crippen MR) is 82.1 cm³/mol. The third-order valence-corrected chi connectivity index (χ3v) is 4.98. The minimum atomic E-state index is -3.48. The Balaban J connectivity index is 3.08. The van der Waals surface area contributed by atoms with Gasteiger partial charge in [0.2, 0.25) is 10.0 Å². The first-order valence-corrected chi connectivity index (χ1v) is 8.04. The fourth-order valence-corrected chi connectivity index (χ4v) is 3.28. The Morgan fingerprint density at radius 1 is 1.25 bits per heavy atom. The van der Waals surface area contributed by atoms with Gasteiger partial charge in [-0.3, -0.25) is 0 Å². The van der Waals surface area contributed by atoms with E-state index in [-0.39, 0.29) is 10.3 Å².